The van der Waals surface area contributed by atoms with E-state index in [1.807, 2.05) is 18.5 Å². The highest BCUT2D eigenvalue weighted by atomic mass is 15.1. The first-order valence-corrected chi connectivity index (χ1v) is 14.2. The van der Waals surface area contributed by atoms with Gasteiger partial charge in [-0.25, -0.2) is 4.98 Å². The summed E-state index contributed by atoms with van der Waals surface area (Å²) in [7, 11) is 0. The van der Waals surface area contributed by atoms with Crippen molar-refractivity contribution < 1.29 is 0 Å². The first-order valence-electron chi connectivity index (χ1n) is 14.2. The molecule has 9 rings (SSSR count). The number of rotatable bonds is 3. The van der Waals surface area contributed by atoms with E-state index in [-0.39, 0.29) is 0 Å². The molecule has 42 heavy (non-hydrogen) atoms. The molecular formula is C38H24N4. The molecule has 0 unspecified atom stereocenters. The lowest BCUT2D eigenvalue weighted by Gasteiger charge is -2.11. The van der Waals surface area contributed by atoms with E-state index < -0.39 is 0 Å². The van der Waals surface area contributed by atoms with Crippen molar-refractivity contribution in [1.82, 2.24) is 19.1 Å². The third kappa shape index (κ3) is 3.29. The quantitative estimate of drug-likeness (QED) is 0.225. The third-order valence-electron chi connectivity index (χ3n) is 8.43. The summed E-state index contributed by atoms with van der Waals surface area (Å²) < 4.78 is 4.70. The molecule has 0 saturated carbocycles. The van der Waals surface area contributed by atoms with E-state index in [0.717, 1.165) is 33.7 Å². The van der Waals surface area contributed by atoms with Crippen LogP contribution in [0.2, 0.25) is 0 Å². The van der Waals surface area contributed by atoms with Crippen LogP contribution in [-0.4, -0.2) is 19.1 Å². The maximum atomic E-state index is 4.94. The van der Waals surface area contributed by atoms with Gasteiger partial charge >= 0.3 is 0 Å². The van der Waals surface area contributed by atoms with Crippen molar-refractivity contribution in [1.29, 1.82) is 0 Å². The maximum Gasteiger partial charge on any atom is 0.137 e. The number of para-hydroxylation sites is 3. The second kappa shape index (κ2) is 8.88. The van der Waals surface area contributed by atoms with Gasteiger partial charge in [0.1, 0.15) is 5.82 Å². The Balaban J connectivity index is 1.36. The van der Waals surface area contributed by atoms with E-state index >= 15 is 0 Å². The molecule has 5 aromatic carbocycles. The van der Waals surface area contributed by atoms with E-state index in [9.17, 15) is 0 Å². The zero-order valence-electron chi connectivity index (χ0n) is 22.6. The van der Waals surface area contributed by atoms with Gasteiger partial charge in [-0.15, -0.1) is 0 Å². The molecule has 0 N–H and O–H groups in total. The zero-order chi connectivity index (χ0) is 27.6. The standard InChI is InChI=1S/C38H24N4/c1-2-10-28(11-3-1)41-34-14-6-4-12-29(34)31-18-16-25-21-36-33(22-32(25)38(31)41)30-13-5-7-15-35(30)42(36)37-19-17-27(24-40-37)26-9-8-20-39-23-26/h1-24H. The molecule has 4 heterocycles. The Hall–Kier alpha value is -5.74. The third-order valence-corrected chi connectivity index (χ3v) is 8.43. The van der Waals surface area contributed by atoms with Crippen molar-refractivity contribution in [3.05, 3.63) is 146 Å². The van der Waals surface area contributed by atoms with Gasteiger partial charge in [0.25, 0.3) is 0 Å². The second-order valence-corrected chi connectivity index (χ2v) is 10.7. The van der Waals surface area contributed by atoms with E-state index in [4.69, 9.17) is 4.98 Å². The van der Waals surface area contributed by atoms with Crippen LogP contribution in [0.4, 0.5) is 0 Å². The van der Waals surface area contributed by atoms with Gasteiger partial charge < -0.3 is 4.57 Å². The second-order valence-electron chi connectivity index (χ2n) is 10.7. The lowest BCUT2D eigenvalue weighted by atomic mass is 10.0. The number of fused-ring (bicyclic) bond motifs is 8. The molecule has 0 bridgehead atoms. The summed E-state index contributed by atoms with van der Waals surface area (Å²) in [6.07, 6.45) is 5.61. The molecule has 196 valence electrons. The summed E-state index contributed by atoms with van der Waals surface area (Å²) in [6.45, 7) is 0. The fourth-order valence-corrected chi connectivity index (χ4v) is 6.56. The van der Waals surface area contributed by atoms with Gasteiger partial charge in [0.05, 0.1) is 22.1 Å². The average molecular weight is 537 g/mol. The Labute approximate surface area is 241 Å². The Morgan fingerprint density at radius 2 is 1.19 bits per heavy atom. The van der Waals surface area contributed by atoms with Crippen molar-refractivity contribution in [3.63, 3.8) is 0 Å². The molecule has 4 heteroatoms. The number of aromatic nitrogens is 4. The molecule has 4 nitrogen and oxygen atoms in total. The van der Waals surface area contributed by atoms with Crippen LogP contribution in [0.25, 0.3) is 77.0 Å². The Bertz CT molecular complexity index is 2430. The Morgan fingerprint density at radius 3 is 1.95 bits per heavy atom. The number of pyridine rings is 2. The van der Waals surface area contributed by atoms with Crippen LogP contribution in [-0.2, 0) is 0 Å². The first kappa shape index (κ1) is 23.0. The predicted octanol–water partition coefficient (Wildman–Crippen LogP) is 9.49. The van der Waals surface area contributed by atoms with Crippen molar-refractivity contribution in [2.45, 2.75) is 0 Å². The van der Waals surface area contributed by atoms with Crippen molar-refractivity contribution in [2.24, 2.45) is 0 Å². The lowest BCUT2D eigenvalue weighted by molar-refractivity contribution is 1.08. The molecule has 0 atom stereocenters. The molecule has 0 aliphatic rings. The highest BCUT2D eigenvalue weighted by Gasteiger charge is 2.18. The summed E-state index contributed by atoms with van der Waals surface area (Å²) in [5, 5.41) is 7.39. The van der Waals surface area contributed by atoms with Crippen LogP contribution in [0.3, 0.4) is 0 Å². The SMILES string of the molecule is c1ccc(-n2c3ccccc3c3ccc4cc5c(cc4c32)c2ccccc2n5-c2ccc(-c3cccnc3)cn2)cc1. The number of hydrogen-bond acceptors (Lipinski definition) is 2. The summed E-state index contributed by atoms with van der Waals surface area (Å²) in [4.78, 5) is 9.21. The molecule has 0 fully saturated rings. The fourth-order valence-electron chi connectivity index (χ4n) is 6.56. The molecule has 4 aromatic heterocycles. The summed E-state index contributed by atoms with van der Waals surface area (Å²) >= 11 is 0. The largest absolute Gasteiger partial charge is 0.309 e. The minimum atomic E-state index is 0.896. The van der Waals surface area contributed by atoms with Crippen LogP contribution in [0.15, 0.2) is 146 Å². The molecule has 0 aliphatic carbocycles. The molecule has 0 amide bonds. The first-order chi connectivity index (χ1) is 20.8. The molecular weight excluding hydrogens is 512 g/mol. The summed E-state index contributed by atoms with van der Waals surface area (Å²) in [5.74, 6) is 0.896. The van der Waals surface area contributed by atoms with Crippen LogP contribution in [0, 0.1) is 0 Å². The van der Waals surface area contributed by atoms with Crippen LogP contribution in [0.5, 0.6) is 0 Å². The predicted molar refractivity (Wildman–Crippen MR) is 174 cm³/mol. The maximum absolute atomic E-state index is 4.94. The summed E-state index contributed by atoms with van der Waals surface area (Å²) in [5.41, 5.74) is 8.01. The zero-order valence-corrected chi connectivity index (χ0v) is 22.6. The highest BCUT2D eigenvalue weighted by molar-refractivity contribution is 6.22. The van der Waals surface area contributed by atoms with Crippen molar-refractivity contribution in [3.8, 4) is 22.6 Å². The van der Waals surface area contributed by atoms with Crippen LogP contribution < -0.4 is 0 Å². The highest BCUT2D eigenvalue weighted by Crippen LogP contribution is 2.40. The lowest BCUT2D eigenvalue weighted by Crippen LogP contribution is -1.97. The van der Waals surface area contributed by atoms with Gasteiger partial charge in [-0.05, 0) is 60.0 Å². The normalized spacial score (nSPS) is 11.8. The van der Waals surface area contributed by atoms with Crippen molar-refractivity contribution in [2.75, 3.05) is 0 Å². The van der Waals surface area contributed by atoms with Crippen molar-refractivity contribution >= 4 is 54.4 Å². The minimum Gasteiger partial charge on any atom is -0.309 e. The molecule has 0 spiro atoms. The smallest absolute Gasteiger partial charge is 0.137 e. The van der Waals surface area contributed by atoms with E-state index in [2.05, 4.69) is 135 Å². The molecule has 0 saturated heterocycles. The minimum absolute atomic E-state index is 0.896. The molecule has 9 aromatic rings. The van der Waals surface area contributed by atoms with E-state index in [1.165, 1.54) is 43.4 Å². The van der Waals surface area contributed by atoms with Gasteiger partial charge in [0.2, 0.25) is 0 Å². The van der Waals surface area contributed by atoms with Gasteiger partial charge in [-0.1, -0.05) is 72.8 Å². The van der Waals surface area contributed by atoms with Crippen LogP contribution >= 0.6 is 0 Å². The molecule has 0 aliphatic heterocycles. The van der Waals surface area contributed by atoms with Gasteiger partial charge in [-0.2, -0.15) is 0 Å². The number of benzene rings is 5. The average Bonchev–Trinajstić information content (AvgIpc) is 3.57. The van der Waals surface area contributed by atoms with Gasteiger partial charge in [-0.3, -0.25) is 9.55 Å². The van der Waals surface area contributed by atoms with E-state index in [0.29, 0.717) is 0 Å². The molecule has 0 radical (unpaired) electrons. The Kier molecular flexibility index (Phi) is 4.87. The number of nitrogens with zero attached hydrogens (tertiary/aromatic N) is 4. The number of hydrogen-bond donors (Lipinski definition) is 0. The van der Waals surface area contributed by atoms with Gasteiger partial charge in [0, 0.05) is 62.3 Å². The van der Waals surface area contributed by atoms with E-state index in [1.54, 1.807) is 6.20 Å². The monoisotopic (exact) mass is 536 g/mol. The summed E-state index contributed by atoms with van der Waals surface area (Å²) in [6, 6.07) is 45.5. The van der Waals surface area contributed by atoms with Gasteiger partial charge in [0.15, 0.2) is 0 Å². The van der Waals surface area contributed by atoms with Crippen LogP contribution in [0.1, 0.15) is 0 Å². The topological polar surface area (TPSA) is 35.6 Å². The fraction of sp³-hybridized carbons (Fsp3) is 0. The Morgan fingerprint density at radius 1 is 0.452 bits per heavy atom.